The van der Waals surface area contributed by atoms with Crippen molar-refractivity contribution in [3.63, 3.8) is 0 Å². The zero-order valence-electron chi connectivity index (χ0n) is 15.7. The Bertz CT molecular complexity index is 1310. The molecule has 1 amide bonds. The molecule has 4 aromatic rings. The van der Waals surface area contributed by atoms with E-state index in [4.69, 9.17) is 0 Å². The minimum atomic E-state index is -0.417. The molecule has 0 saturated carbocycles. The van der Waals surface area contributed by atoms with E-state index in [-0.39, 0.29) is 5.91 Å². The van der Waals surface area contributed by atoms with Crippen molar-refractivity contribution in [2.75, 3.05) is 11.4 Å². The van der Waals surface area contributed by atoms with Gasteiger partial charge in [0.15, 0.2) is 0 Å². The summed E-state index contributed by atoms with van der Waals surface area (Å²) in [6, 6.07) is 15.1. The van der Waals surface area contributed by atoms with Crippen LogP contribution in [0.1, 0.15) is 27.0 Å². The molecule has 0 aliphatic carbocycles. The number of H-pyrrole nitrogens is 1. The van der Waals surface area contributed by atoms with E-state index in [1.165, 1.54) is 11.6 Å². The number of benzene rings is 2. The van der Waals surface area contributed by atoms with Gasteiger partial charge in [-0.3, -0.25) is 14.4 Å². The second-order valence-electron chi connectivity index (χ2n) is 7.42. The lowest BCUT2D eigenvalue weighted by Gasteiger charge is -2.31. The van der Waals surface area contributed by atoms with Gasteiger partial charge in [-0.25, -0.2) is 0 Å². The molecular formula is C23H19N3O3. The van der Waals surface area contributed by atoms with Crippen LogP contribution in [0, 0.1) is 0 Å². The highest BCUT2D eigenvalue weighted by molar-refractivity contribution is 6.06. The molecular weight excluding hydrogens is 366 g/mol. The van der Waals surface area contributed by atoms with Crippen molar-refractivity contribution in [2.45, 2.75) is 19.5 Å². The van der Waals surface area contributed by atoms with Crippen molar-refractivity contribution in [1.29, 1.82) is 0 Å². The quantitative estimate of drug-likeness (QED) is 0.528. The zero-order chi connectivity index (χ0) is 20.0. The van der Waals surface area contributed by atoms with E-state index in [0.29, 0.717) is 24.3 Å². The van der Waals surface area contributed by atoms with Crippen LogP contribution in [0.4, 0.5) is 5.69 Å². The van der Waals surface area contributed by atoms with Crippen LogP contribution < -0.4 is 21.1 Å². The van der Waals surface area contributed by atoms with E-state index in [0.717, 1.165) is 35.0 Å². The van der Waals surface area contributed by atoms with E-state index < -0.39 is 10.9 Å². The molecule has 0 unspecified atom stereocenters. The van der Waals surface area contributed by atoms with Crippen molar-refractivity contribution in [1.82, 2.24) is 10.3 Å². The Morgan fingerprint density at radius 2 is 1.97 bits per heavy atom. The van der Waals surface area contributed by atoms with Crippen molar-refractivity contribution >= 4 is 22.5 Å². The molecule has 2 N–H and O–H groups in total. The largest absolute Gasteiger partial charge is 0.363 e. The fourth-order valence-electron chi connectivity index (χ4n) is 4.03. The van der Waals surface area contributed by atoms with Gasteiger partial charge in [0.25, 0.3) is 5.91 Å². The van der Waals surface area contributed by atoms with Crippen molar-refractivity contribution in [3.05, 3.63) is 97.4 Å². The number of nitrogens with zero attached hydrogens (tertiary/aromatic N) is 1. The predicted molar refractivity (Wildman–Crippen MR) is 112 cm³/mol. The first-order valence-electron chi connectivity index (χ1n) is 9.60. The number of rotatable bonds is 4. The molecule has 0 saturated heterocycles. The van der Waals surface area contributed by atoms with E-state index in [1.807, 2.05) is 41.4 Å². The summed E-state index contributed by atoms with van der Waals surface area (Å²) >= 11 is 0. The summed E-state index contributed by atoms with van der Waals surface area (Å²) in [5, 5.41) is 3.90. The Balaban J connectivity index is 1.31. The van der Waals surface area contributed by atoms with Crippen LogP contribution >= 0.6 is 0 Å². The topological polar surface area (TPSA) is 82.3 Å². The minimum absolute atomic E-state index is 0.113. The smallest absolute Gasteiger partial charge is 0.252 e. The number of anilines is 1. The standard InChI is InChI=1S/C23H19N3O3/c27-21-11-20(22(21)28)26-9-7-15-5-4-14(10-16(15)13-26)12-25-23(29)18-2-1-3-19-17(18)6-8-24-19/h1-6,8,10-11,24H,7,9,12-13H2,(H,25,29). The highest BCUT2D eigenvalue weighted by Crippen LogP contribution is 2.24. The van der Waals surface area contributed by atoms with Crippen molar-refractivity contribution < 1.29 is 4.79 Å². The van der Waals surface area contributed by atoms with E-state index in [1.54, 1.807) is 0 Å². The Morgan fingerprint density at radius 3 is 2.79 bits per heavy atom. The number of fused-ring (bicyclic) bond motifs is 2. The molecule has 0 bridgehead atoms. The summed E-state index contributed by atoms with van der Waals surface area (Å²) < 4.78 is 0. The molecule has 6 heteroatoms. The predicted octanol–water partition coefficient (Wildman–Crippen LogP) is 2.26. The van der Waals surface area contributed by atoms with Gasteiger partial charge in [0.1, 0.15) is 0 Å². The van der Waals surface area contributed by atoms with Gasteiger partial charge in [-0.15, -0.1) is 0 Å². The Kier molecular flexibility index (Phi) is 4.05. The first-order chi connectivity index (χ1) is 14.1. The molecule has 1 aromatic heterocycles. The van der Waals surface area contributed by atoms with Crippen molar-refractivity contribution in [3.8, 4) is 0 Å². The van der Waals surface area contributed by atoms with Crippen LogP contribution in [0.2, 0.25) is 0 Å². The molecule has 1 aliphatic heterocycles. The molecule has 144 valence electrons. The lowest BCUT2D eigenvalue weighted by Crippen LogP contribution is -2.41. The maximum absolute atomic E-state index is 12.7. The molecule has 5 rings (SSSR count). The molecule has 0 spiro atoms. The number of carbonyl (C=O) groups is 1. The average Bonchev–Trinajstić information content (AvgIpc) is 3.24. The van der Waals surface area contributed by atoms with E-state index >= 15 is 0 Å². The van der Waals surface area contributed by atoms with Gasteiger partial charge in [0.05, 0.1) is 5.69 Å². The minimum Gasteiger partial charge on any atom is -0.363 e. The third-order valence-electron chi connectivity index (χ3n) is 5.64. The Labute approximate surface area is 166 Å². The van der Waals surface area contributed by atoms with Crippen LogP contribution in [0.25, 0.3) is 10.9 Å². The second kappa shape index (κ2) is 6.74. The first-order valence-corrected chi connectivity index (χ1v) is 9.60. The molecule has 2 heterocycles. The molecule has 1 aliphatic rings. The van der Waals surface area contributed by atoms with Crippen LogP contribution in [0.15, 0.2) is 64.3 Å². The number of aromatic amines is 1. The summed E-state index contributed by atoms with van der Waals surface area (Å²) in [6.45, 7) is 1.76. The van der Waals surface area contributed by atoms with Gasteiger partial charge in [-0.1, -0.05) is 24.3 Å². The fraction of sp³-hybridized carbons (Fsp3) is 0.174. The summed E-state index contributed by atoms with van der Waals surface area (Å²) in [6.07, 6.45) is 2.66. The fourth-order valence-corrected chi connectivity index (χ4v) is 4.03. The van der Waals surface area contributed by atoms with Gasteiger partial charge in [0, 0.05) is 48.4 Å². The third kappa shape index (κ3) is 3.02. The van der Waals surface area contributed by atoms with E-state index in [9.17, 15) is 14.4 Å². The monoisotopic (exact) mass is 385 g/mol. The summed E-state index contributed by atoms with van der Waals surface area (Å²) in [7, 11) is 0. The summed E-state index contributed by atoms with van der Waals surface area (Å²) in [5.41, 5.74) is 4.66. The molecule has 6 nitrogen and oxygen atoms in total. The normalized spacial score (nSPS) is 13.6. The summed E-state index contributed by atoms with van der Waals surface area (Å²) in [4.78, 5) is 40.7. The highest BCUT2D eigenvalue weighted by atomic mass is 16.2. The number of amides is 1. The summed E-state index contributed by atoms with van der Waals surface area (Å²) in [5.74, 6) is -0.113. The number of hydrogen-bond donors (Lipinski definition) is 2. The van der Waals surface area contributed by atoms with Crippen molar-refractivity contribution in [2.24, 2.45) is 0 Å². The molecule has 3 aromatic carbocycles. The number of hydrogen-bond acceptors (Lipinski definition) is 4. The van der Waals surface area contributed by atoms with E-state index in [2.05, 4.69) is 22.4 Å². The maximum atomic E-state index is 12.7. The number of aromatic nitrogens is 1. The Morgan fingerprint density at radius 1 is 1.07 bits per heavy atom. The lowest BCUT2D eigenvalue weighted by atomic mass is 9.96. The molecule has 29 heavy (non-hydrogen) atoms. The van der Waals surface area contributed by atoms with Crippen LogP contribution in [0.5, 0.6) is 0 Å². The second-order valence-corrected chi connectivity index (χ2v) is 7.42. The van der Waals surface area contributed by atoms with Gasteiger partial charge < -0.3 is 15.2 Å². The van der Waals surface area contributed by atoms with Gasteiger partial charge in [0.2, 0.25) is 10.9 Å². The van der Waals surface area contributed by atoms with Crippen LogP contribution in [-0.2, 0) is 19.5 Å². The zero-order valence-corrected chi connectivity index (χ0v) is 15.7. The average molecular weight is 385 g/mol. The van der Waals surface area contributed by atoms with Gasteiger partial charge >= 0.3 is 0 Å². The molecule has 0 atom stereocenters. The van der Waals surface area contributed by atoms with Gasteiger partial charge in [-0.2, -0.15) is 0 Å². The first kappa shape index (κ1) is 17.4. The van der Waals surface area contributed by atoms with Gasteiger partial charge in [-0.05, 0) is 41.3 Å². The maximum Gasteiger partial charge on any atom is 0.252 e. The molecule has 0 radical (unpaired) electrons. The third-order valence-corrected chi connectivity index (χ3v) is 5.64. The highest BCUT2D eigenvalue weighted by Gasteiger charge is 2.22. The SMILES string of the molecule is O=C(NCc1ccc2c(c1)CN(c1cc(=O)c1=O)CC2)c1cccc2[nH]ccc12. The lowest BCUT2D eigenvalue weighted by molar-refractivity contribution is 0.0952. The molecule has 0 fully saturated rings. The number of nitrogens with one attached hydrogen (secondary N) is 2. The number of carbonyl (C=O) groups excluding carboxylic acids is 1. The Hall–Kier alpha value is -3.67. The van der Waals surface area contributed by atoms with Crippen LogP contribution in [-0.4, -0.2) is 17.4 Å². The van der Waals surface area contributed by atoms with Crippen LogP contribution in [0.3, 0.4) is 0 Å².